The van der Waals surface area contributed by atoms with Gasteiger partial charge in [0.15, 0.2) is 0 Å². The van der Waals surface area contributed by atoms with E-state index in [2.05, 4.69) is 0 Å². The van der Waals surface area contributed by atoms with Crippen molar-refractivity contribution in [3.63, 3.8) is 0 Å². The van der Waals surface area contributed by atoms with Gasteiger partial charge in [0.2, 0.25) is 10.0 Å². The molecule has 0 spiro atoms. The fourth-order valence-corrected chi connectivity index (χ4v) is 5.43. The van der Waals surface area contributed by atoms with Gasteiger partial charge in [0.05, 0.1) is 11.5 Å². The normalized spacial score (nSPS) is 26.3. The lowest BCUT2D eigenvalue weighted by molar-refractivity contribution is -0.146. The minimum atomic E-state index is -3.87. The minimum absolute atomic E-state index is 0.120. The van der Waals surface area contributed by atoms with Gasteiger partial charge in [0.1, 0.15) is 15.4 Å². The molecule has 0 amide bonds. The first-order chi connectivity index (χ1) is 7.99. The summed E-state index contributed by atoms with van der Waals surface area (Å²) in [7, 11) is -7.27. The summed E-state index contributed by atoms with van der Waals surface area (Å²) in [6.07, 6.45) is 1.64. The molecule has 1 N–H and O–H groups in total. The fraction of sp³-hybridized carbons (Fsp3) is 0.889. The Labute approximate surface area is 107 Å². The zero-order valence-electron chi connectivity index (χ0n) is 10.3. The zero-order chi connectivity index (χ0) is 14.2. The van der Waals surface area contributed by atoms with E-state index in [1.54, 1.807) is 0 Å². The Morgan fingerprint density at radius 3 is 2.28 bits per heavy atom. The van der Waals surface area contributed by atoms with Crippen LogP contribution >= 0.6 is 0 Å². The SMILES string of the molecule is CC1(C(=O)O)CCCN1S(=O)(=O)CCS(C)(=O)=O. The van der Waals surface area contributed by atoms with E-state index in [1.807, 2.05) is 0 Å². The topological polar surface area (TPSA) is 109 Å². The van der Waals surface area contributed by atoms with Crippen LogP contribution in [0.3, 0.4) is 0 Å². The molecule has 0 aromatic heterocycles. The molecule has 1 heterocycles. The smallest absolute Gasteiger partial charge is 0.324 e. The predicted molar refractivity (Wildman–Crippen MR) is 65.5 cm³/mol. The molecule has 1 aliphatic heterocycles. The minimum Gasteiger partial charge on any atom is -0.480 e. The Bertz CT molecular complexity index is 537. The van der Waals surface area contributed by atoms with E-state index in [4.69, 9.17) is 5.11 Å². The van der Waals surface area contributed by atoms with Crippen molar-refractivity contribution in [2.45, 2.75) is 25.3 Å². The van der Waals surface area contributed by atoms with E-state index in [0.717, 1.165) is 10.6 Å². The molecular formula is C9H17NO6S2. The molecule has 106 valence electrons. The van der Waals surface area contributed by atoms with Gasteiger partial charge in [-0.3, -0.25) is 4.79 Å². The molecule has 1 fully saturated rings. The van der Waals surface area contributed by atoms with Crippen LogP contribution in [0.4, 0.5) is 0 Å². The van der Waals surface area contributed by atoms with E-state index in [1.165, 1.54) is 6.92 Å². The van der Waals surface area contributed by atoms with Crippen molar-refractivity contribution in [1.82, 2.24) is 4.31 Å². The summed E-state index contributed by atoms with van der Waals surface area (Å²) < 4.78 is 46.9. The molecule has 1 rings (SSSR count). The maximum Gasteiger partial charge on any atom is 0.324 e. The number of rotatable bonds is 5. The quantitative estimate of drug-likeness (QED) is 0.719. The Balaban J connectivity index is 2.95. The van der Waals surface area contributed by atoms with Gasteiger partial charge in [-0.1, -0.05) is 0 Å². The number of carboxylic acid groups (broad SMARTS) is 1. The molecule has 7 nitrogen and oxygen atoms in total. The van der Waals surface area contributed by atoms with Crippen molar-refractivity contribution in [3.05, 3.63) is 0 Å². The van der Waals surface area contributed by atoms with E-state index in [-0.39, 0.29) is 13.0 Å². The molecule has 0 aromatic carbocycles. The van der Waals surface area contributed by atoms with Gasteiger partial charge >= 0.3 is 5.97 Å². The van der Waals surface area contributed by atoms with Crippen LogP contribution in [0, 0.1) is 0 Å². The van der Waals surface area contributed by atoms with E-state index in [9.17, 15) is 21.6 Å². The number of nitrogens with zero attached hydrogens (tertiary/aromatic N) is 1. The molecule has 1 unspecified atom stereocenters. The third-order valence-electron chi connectivity index (χ3n) is 3.08. The number of hydrogen-bond donors (Lipinski definition) is 1. The van der Waals surface area contributed by atoms with Crippen molar-refractivity contribution in [2.75, 3.05) is 24.3 Å². The Kier molecular flexibility index (Phi) is 4.09. The van der Waals surface area contributed by atoms with E-state index in [0.29, 0.717) is 6.42 Å². The first-order valence-corrected chi connectivity index (χ1v) is 9.08. The lowest BCUT2D eigenvalue weighted by Gasteiger charge is -2.30. The Morgan fingerprint density at radius 2 is 1.83 bits per heavy atom. The number of carbonyl (C=O) groups is 1. The zero-order valence-corrected chi connectivity index (χ0v) is 11.9. The summed E-state index contributed by atoms with van der Waals surface area (Å²) in [4.78, 5) is 11.2. The van der Waals surface area contributed by atoms with Crippen LogP contribution in [-0.2, 0) is 24.7 Å². The molecule has 0 aromatic rings. The highest BCUT2D eigenvalue weighted by Gasteiger charge is 2.49. The summed E-state index contributed by atoms with van der Waals surface area (Å²) in [5, 5.41) is 9.11. The molecule has 9 heteroatoms. The highest BCUT2D eigenvalue weighted by atomic mass is 32.2. The second kappa shape index (κ2) is 4.78. The van der Waals surface area contributed by atoms with Crippen LogP contribution in [0.1, 0.15) is 19.8 Å². The summed E-state index contributed by atoms with van der Waals surface area (Å²) in [6, 6.07) is 0. The monoisotopic (exact) mass is 299 g/mol. The van der Waals surface area contributed by atoms with Crippen LogP contribution in [0.25, 0.3) is 0 Å². The first kappa shape index (κ1) is 15.4. The fourth-order valence-electron chi connectivity index (χ4n) is 1.96. The highest BCUT2D eigenvalue weighted by molar-refractivity contribution is 7.93. The molecule has 0 bridgehead atoms. The van der Waals surface area contributed by atoms with Crippen molar-refractivity contribution in [1.29, 1.82) is 0 Å². The van der Waals surface area contributed by atoms with Crippen molar-refractivity contribution < 1.29 is 26.7 Å². The van der Waals surface area contributed by atoms with Gasteiger partial charge in [0, 0.05) is 12.8 Å². The first-order valence-electron chi connectivity index (χ1n) is 5.41. The summed E-state index contributed by atoms with van der Waals surface area (Å²) >= 11 is 0. The third kappa shape index (κ3) is 3.21. The van der Waals surface area contributed by atoms with Crippen LogP contribution in [-0.4, -0.2) is 62.1 Å². The van der Waals surface area contributed by atoms with Gasteiger partial charge in [-0.15, -0.1) is 0 Å². The number of aliphatic carboxylic acids is 1. The van der Waals surface area contributed by atoms with E-state index < -0.39 is 42.9 Å². The second-order valence-electron chi connectivity index (χ2n) is 4.70. The number of sulfonamides is 1. The molecule has 1 atom stereocenters. The maximum atomic E-state index is 12.0. The summed E-state index contributed by atoms with van der Waals surface area (Å²) in [6.45, 7) is 1.47. The molecule has 1 aliphatic rings. The van der Waals surface area contributed by atoms with Crippen molar-refractivity contribution in [2.24, 2.45) is 0 Å². The lowest BCUT2D eigenvalue weighted by Crippen LogP contribution is -2.51. The average Bonchev–Trinajstić information content (AvgIpc) is 2.59. The van der Waals surface area contributed by atoms with Crippen LogP contribution < -0.4 is 0 Å². The number of hydrogen-bond acceptors (Lipinski definition) is 5. The largest absolute Gasteiger partial charge is 0.480 e. The van der Waals surface area contributed by atoms with Crippen molar-refractivity contribution in [3.8, 4) is 0 Å². The predicted octanol–water partition coefficient (Wildman–Crippen LogP) is -0.700. The van der Waals surface area contributed by atoms with Gasteiger partial charge in [-0.05, 0) is 19.8 Å². The third-order valence-corrected chi connectivity index (χ3v) is 6.27. The molecule has 0 saturated carbocycles. The molecule has 18 heavy (non-hydrogen) atoms. The Morgan fingerprint density at radius 1 is 1.28 bits per heavy atom. The van der Waals surface area contributed by atoms with Gasteiger partial charge in [0.25, 0.3) is 0 Å². The lowest BCUT2D eigenvalue weighted by atomic mass is 10.0. The standard InChI is InChI=1S/C9H17NO6S2/c1-9(8(11)12)4-3-5-10(9)18(15,16)7-6-17(2,13)14/h3-7H2,1-2H3,(H,11,12). The molecule has 0 radical (unpaired) electrons. The van der Waals surface area contributed by atoms with Crippen molar-refractivity contribution >= 4 is 25.8 Å². The van der Waals surface area contributed by atoms with Crippen LogP contribution in [0.2, 0.25) is 0 Å². The maximum absolute atomic E-state index is 12.0. The van der Waals surface area contributed by atoms with Crippen LogP contribution in [0.5, 0.6) is 0 Å². The van der Waals surface area contributed by atoms with Gasteiger partial charge in [-0.2, -0.15) is 4.31 Å². The number of sulfone groups is 1. The summed E-state index contributed by atoms with van der Waals surface area (Å²) in [5.41, 5.74) is -1.46. The molecule has 1 saturated heterocycles. The van der Waals surface area contributed by atoms with E-state index >= 15 is 0 Å². The average molecular weight is 299 g/mol. The highest BCUT2D eigenvalue weighted by Crippen LogP contribution is 2.32. The van der Waals surface area contributed by atoms with Gasteiger partial charge < -0.3 is 5.11 Å². The Hall–Kier alpha value is -0.670. The van der Waals surface area contributed by atoms with Crippen LogP contribution in [0.15, 0.2) is 0 Å². The molecular weight excluding hydrogens is 282 g/mol. The second-order valence-corrected chi connectivity index (χ2v) is 8.97. The number of carboxylic acids is 1. The molecule has 0 aliphatic carbocycles. The van der Waals surface area contributed by atoms with Gasteiger partial charge in [-0.25, -0.2) is 16.8 Å². The summed E-state index contributed by atoms with van der Waals surface area (Å²) in [5.74, 6) is -2.28.